The lowest BCUT2D eigenvalue weighted by Gasteiger charge is -2.36. The van der Waals surface area contributed by atoms with E-state index in [1.165, 1.54) is 11.3 Å². The molecule has 1 aliphatic heterocycles. The number of benzene rings is 1. The van der Waals surface area contributed by atoms with Gasteiger partial charge in [0.15, 0.2) is 0 Å². The van der Waals surface area contributed by atoms with Gasteiger partial charge in [-0.05, 0) is 67.3 Å². The Balaban J connectivity index is 1.70. The van der Waals surface area contributed by atoms with E-state index in [1.54, 1.807) is 31.4 Å². The molecule has 178 valence electrons. The Morgan fingerprint density at radius 2 is 1.70 bits per heavy atom. The van der Waals surface area contributed by atoms with Crippen LogP contribution in [0.1, 0.15) is 53.6 Å². The zero-order valence-corrected chi connectivity index (χ0v) is 20.5. The molecular weight excluding hydrogens is 438 g/mol. The lowest BCUT2D eigenvalue weighted by atomic mass is 9.88. The summed E-state index contributed by atoms with van der Waals surface area (Å²) in [4.78, 5) is 41.4. The molecule has 1 aliphatic rings. The summed E-state index contributed by atoms with van der Waals surface area (Å²) < 4.78 is 5.16. The van der Waals surface area contributed by atoms with Crippen LogP contribution in [0.2, 0.25) is 0 Å². The average Bonchev–Trinajstić information content (AvgIpc) is 3.37. The number of methoxy groups -OCH3 is 1. The number of likely N-dealkylation sites (tertiary alicyclic amines) is 1. The summed E-state index contributed by atoms with van der Waals surface area (Å²) in [5.41, 5.74) is 0.468. The van der Waals surface area contributed by atoms with E-state index in [9.17, 15) is 14.4 Å². The molecule has 2 N–H and O–H groups in total. The van der Waals surface area contributed by atoms with E-state index < -0.39 is 6.04 Å². The van der Waals surface area contributed by atoms with Gasteiger partial charge < -0.3 is 20.3 Å². The number of amides is 3. The average molecular weight is 472 g/mol. The van der Waals surface area contributed by atoms with E-state index in [2.05, 4.69) is 10.6 Å². The number of carbonyl (C=O) groups excluding carboxylic acids is 3. The molecule has 1 aromatic carbocycles. The van der Waals surface area contributed by atoms with Gasteiger partial charge in [0.05, 0.1) is 12.0 Å². The fourth-order valence-corrected chi connectivity index (χ4v) is 4.53. The molecule has 0 bridgehead atoms. The van der Waals surface area contributed by atoms with Crippen LogP contribution in [-0.2, 0) is 4.79 Å². The van der Waals surface area contributed by atoms with Crippen LogP contribution in [-0.4, -0.2) is 54.9 Å². The van der Waals surface area contributed by atoms with Crippen LogP contribution >= 0.6 is 11.3 Å². The number of thiophene rings is 1. The summed E-state index contributed by atoms with van der Waals surface area (Å²) in [6, 6.07) is 9.83. The summed E-state index contributed by atoms with van der Waals surface area (Å²) >= 11 is 1.43. The fraction of sp³-hybridized carbons (Fsp3) is 0.480. The fourth-order valence-electron chi connectivity index (χ4n) is 3.84. The third kappa shape index (κ3) is 6.35. The molecule has 33 heavy (non-hydrogen) atoms. The summed E-state index contributed by atoms with van der Waals surface area (Å²) in [6.07, 6.45) is 1.29. The molecule has 7 nitrogen and oxygen atoms in total. The van der Waals surface area contributed by atoms with Gasteiger partial charge >= 0.3 is 0 Å². The van der Waals surface area contributed by atoms with Crippen LogP contribution in [0.15, 0.2) is 41.8 Å². The molecule has 0 aliphatic carbocycles. The van der Waals surface area contributed by atoms with E-state index >= 15 is 0 Å². The molecule has 3 amide bonds. The molecule has 0 spiro atoms. The predicted octanol–water partition coefficient (Wildman–Crippen LogP) is 3.57. The first-order chi connectivity index (χ1) is 15.8. The molecule has 2 aromatic rings. The molecule has 1 aromatic heterocycles. The third-order valence-electron chi connectivity index (χ3n) is 6.32. The molecule has 8 heteroatoms. The zero-order valence-electron chi connectivity index (χ0n) is 19.7. The van der Waals surface area contributed by atoms with Gasteiger partial charge in [-0.25, -0.2) is 0 Å². The first-order valence-corrected chi connectivity index (χ1v) is 12.3. The number of rotatable bonds is 8. The standard InChI is InChI=1S/C25H33N3O4S/c1-16(2)17(3)26-24(30)22(27-23(29)19-7-9-20(32-4)10-8-19)18-11-13-28(14-12-18)25(31)21-6-5-15-33-21/h5-10,15-18,22H,11-14H2,1-4H3,(H,26,30)(H,27,29). The number of ether oxygens (including phenoxy) is 1. The number of piperidine rings is 1. The normalized spacial score (nSPS) is 16.2. The van der Waals surface area contributed by atoms with Gasteiger partial charge in [-0.15, -0.1) is 11.3 Å². The van der Waals surface area contributed by atoms with Gasteiger partial charge in [0.1, 0.15) is 11.8 Å². The summed E-state index contributed by atoms with van der Waals surface area (Å²) in [5, 5.41) is 7.91. The molecule has 2 atom stereocenters. The van der Waals surface area contributed by atoms with Gasteiger partial charge in [-0.3, -0.25) is 14.4 Å². The topological polar surface area (TPSA) is 87.7 Å². The van der Waals surface area contributed by atoms with Crippen LogP contribution in [0.4, 0.5) is 0 Å². The first kappa shape index (κ1) is 24.8. The molecule has 0 saturated carbocycles. The smallest absolute Gasteiger partial charge is 0.263 e. The molecule has 1 saturated heterocycles. The summed E-state index contributed by atoms with van der Waals surface area (Å²) in [6.45, 7) is 7.18. The summed E-state index contributed by atoms with van der Waals surface area (Å²) in [7, 11) is 1.57. The molecule has 1 fully saturated rings. The third-order valence-corrected chi connectivity index (χ3v) is 7.18. The molecule has 3 rings (SSSR count). The van der Waals surface area contributed by atoms with Crippen molar-refractivity contribution >= 4 is 29.1 Å². The highest BCUT2D eigenvalue weighted by Gasteiger charge is 2.35. The Bertz CT molecular complexity index is 935. The van der Waals surface area contributed by atoms with Gasteiger partial charge in [-0.1, -0.05) is 19.9 Å². The minimum atomic E-state index is -0.667. The van der Waals surface area contributed by atoms with Gasteiger partial charge in [0.2, 0.25) is 5.91 Å². The van der Waals surface area contributed by atoms with Crippen molar-refractivity contribution in [2.24, 2.45) is 11.8 Å². The van der Waals surface area contributed by atoms with Crippen molar-refractivity contribution in [1.29, 1.82) is 0 Å². The second kappa shape index (κ2) is 11.3. The molecular formula is C25H33N3O4S. The van der Waals surface area contributed by atoms with Crippen LogP contribution in [0.5, 0.6) is 5.75 Å². The number of carbonyl (C=O) groups is 3. The minimum absolute atomic E-state index is 0.0154. The van der Waals surface area contributed by atoms with Crippen LogP contribution in [0, 0.1) is 11.8 Å². The van der Waals surface area contributed by atoms with E-state index in [0.29, 0.717) is 37.2 Å². The van der Waals surface area contributed by atoms with E-state index in [0.717, 1.165) is 4.88 Å². The largest absolute Gasteiger partial charge is 0.497 e. The van der Waals surface area contributed by atoms with Crippen molar-refractivity contribution in [2.45, 2.75) is 45.7 Å². The zero-order chi connectivity index (χ0) is 24.0. The Labute approximate surface area is 199 Å². The van der Waals surface area contributed by atoms with E-state index in [-0.39, 0.29) is 35.6 Å². The van der Waals surface area contributed by atoms with Crippen LogP contribution < -0.4 is 15.4 Å². The molecule has 0 radical (unpaired) electrons. The van der Waals surface area contributed by atoms with E-state index in [4.69, 9.17) is 4.74 Å². The quantitative estimate of drug-likeness (QED) is 0.616. The van der Waals surface area contributed by atoms with Crippen molar-refractivity contribution < 1.29 is 19.1 Å². The summed E-state index contributed by atoms with van der Waals surface area (Å²) in [5.74, 6) is 0.429. The maximum atomic E-state index is 13.2. The maximum Gasteiger partial charge on any atom is 0.263 e. The minimum Gasteiger partial charge on any atom is -0.497 e. The highest BCUT2D eigenvalue weighted by molar-refractivity contribution is 7.12. The number of hydrogen-bond donors (Lipinski definition) is 2. The number of nitrogens with one attached hydrogen (secondary N) is 2. The highest BCUT2D eigenvalue weighted by atomic mass is 32.1. The second-order valence-electron chi connectivity index (χ2n) is 8.83. The Morgan fingerprint density at radius 1 is 1.03 bits per heavy atom. The van der Waals surface area contributed by atoms with Gasteiger partial charge in [0, 0.05) is 24.7 Å². The second-order valence-corrected chi connectivity index (χ2v) is 9.78. The molecule has 2 unspecified atom stereocenters. The molecule has 2 heterocycles. The Hall–Kier alpha value is -2.87. The van der Waals surface area contributed by atoms with Crippen molar-refractivity contribution in [2.75, 3.05) is 20.2 Å². The van der Waals surface area contributed by atoms with Crippen molar-refractivity contribution in [3.05, 3.63) is 52.2 Å². The van der Waals surface area contributed by atoms with E-state index in [1.807, 2.05) is 43.2 Å². The van der Waals surface area contributed by atoms with Crippen LogP contribution in [0.3, 0.4) is 0 Å². The Morgan fingerprint density at radius 3 is 2.24 bits per heavy atom. The highest BCUT2D eigenvalue weighted by Crippen LogP contribution is 2.24. The van der Waals surface area contributed by atoms with Crippen molar-refractivity contribution in [3.63, 3.8) is 0 Å². The number of hydrogen-bond acceptors (Lipinski definition) is 5. The SMILES string of the molecule is COc1ccc(C(=O)NC(C(=O)NC(C)C(C)C)C2CCN(C(=O)c3cccs3)CC2)cc1. The Kier molecular flexibility index (Phi) is 8.49. The van der Waals surface area contributed by atoms with Crippen molar-refractivity contribution in [3.8, 4) is 5.75 Å². The van der Waals surface area contributed by atoms with Gasteiger partial charge in [-0.2, -0.15) is 0 Å². The van der Waals surface area contributed by atoms with Crippen molar-refractivity contribution in [1.82, 2.24) is 15.5 Å². The lowest BCUT2D eigenvalue weighted by molar-refractivity contribution is -0.125. The maximum absolute atomic E-state index is 13.2. The number of nitrogens with zero attached hydrogens (tertiary/aromatic N) is 1. The van der Waals surface area contributed by atoms with Crippen LogP contribution in [0.25, 0.3) is 0 Å². The first-order valence-electron chi connectivity index (χ1n) is 11.4. The monoisotopic (exact) mass is 471 g/mol. The lowest BCUT2D eigenvalue weighted by Crippen LogP contribution is -2.55. The van der Waals surface area contributed by atoms with Gasteiger partial charge in [0.25, 0.3) is 11.8 Å². The predicted molar refractivity (Wildman–Crippen MR) is 130 cm³/mol.